The molecule has 1 N–H and O–H groups in total. The van der Waals surface area contributed by atoms with E-state index in [0.29, 0.717) is 18.3 Å². The van der Waals surface area contributed by atoms with E-state index in [-0.39, 0.29) is 0 Å². The highest BCUT2D eigenvalue weighted by Crippen LogP contribution is 2.15. The summed E-state index contributed by atoms with van der Waals surface area (Å²) in [7, 11) is 0. The van der Waals surface area contributed by atoms with Crippen LogP contribution in [0.3, 0.4) is 0 Å². The maximum absolute atomic E-state index is 5.14. The first-order valence-corrected chi connectivity index (χ1v) is 5.95. The van der Waals surface area contributed by atoms with Gasteiger partial charge < -0.3 is 14.3 Å². The third-order valence-electron chi connectivity index (χ3n) is 2.60. The lowest BCUT2D eigenvalue weighted by Gasteiger charge is -2.01. The van der Waals surface area contributed by atoms with E-state index in [4.69, 9.17) is 8.94 Å². The summed E-state index contributed by atoms with van der Waals surface area (Å²) in [6.45, 7) is 2.12. The highest BCUT2D eigenvalue weighted by Gasteiger charge is 2.08. The Hall–Kier alpha value is -2.41. The zero-order valence-electron chi connectivity index (χ0n) is 10.2. The molecule has 19 heavy (non-hydrogen) atoms. The predicted molar refractivity (Wildman–Crippen MR) is 65.9 cm³/mol. The lowest BCUT2D eigenvalue weighted by Crippen LogP contribution is -2.19. The molecule has 0 saturated carbocycles. The van der Waals surface area contributed by atoms with Crippen LogP contribution in [0.15, 0.2) is 46.0 Å². The van der Waals surface area contributed by atoms with Gasteiger partial charge in [0.25, 0.3) is 0 Å². The fraction of sp³-hybridized carbons (Fsp3) is 0.250. The van der Waals surface area contributed by atoms with Gasteiger partial charge in [0.05, 0.1) is 24.9 Å². The molecule has 0 atom stereocenters. The Morgan fingerprint density at radius 3 is 3.16 bits per heavy atom. The summed E-state index contributed by atoms with van der Waals surface area (Å²) in [5.74, 6) is 1.09. The third-order valence-corrected chi connectivity index (χ3v) is 2.60. The molecule has 0 aliphatic heterocycles. The second-order valence-corrected chi connectivity index (χ2v) is 3.97. The number of aromatic nitrogens is 4. The van der Waals surface area contributed by atoms with Crippen LogP contribution in [-0.2, 0) is 13.1 Å². The number of nitrogens with one attached hydrogen (secondary N) is 1. The Labute approximate surface area is 109 Å². The Kier molecular flexibility index (Phi) is 3.37. The molecule has 0 spiro atoms. The molecule has 0 amide bonds. The van der Waals surface area contributed by atoms with E-state index in [1.807, 2.05) is 16.9 Å². The van der Waals surface area contributed by atoms with Crippen LogP contribution in [0.5, 0.6) is 0 Å². The van der Waals surface area contributed by atoms with Crippen molar-refractivity contribution in [2.75, 3.05) is 6.54 Å². The van der Waals surface area contributed by atoms with Crippen molar-refractivity contribution in [2.24, 2.45) is 0 Å². The molecule has 0 bridgehead atoms. The van der Waals surface area contributed by atoms with Crippen molar-refractivity contribution in [3.8, 4) is 11.4 Å². The number of nitrogens with zero attached hydrogens (tertiary/aromatic N) is 4. The van der Waals surface area contributed by atoms with Crippen LogP contribution in [0.1, 0.15) is 5.89 Å². The first-order valence-electron chi connectivity index (χ1n) is 5.95. The summed E-state index contributed by atoms with van der Waals surface area (Å²) >= 11 is 0. The van der Waals surface area contributed by atoms with Crippen molar-refractivity contribution in [3.63, 3.8) is 0 Å². The van der Waals surface area contributed by atoms with Crippen molar-refractivity contribution in [3.05, 3.63) is 42.9 Å². The second-order valence-electron chi connectivity index (χ2n) is 3.97. The van der Waals surface area contributed by atoms with E-state index < -0.39 is 0 Å². The van der Waals surface area contributed by atoms with Gasteiger partial charge in [-0.15, -0.1) is 0 Å². The van der Waals surface area contributed by atoms with Crippen LogP contribution >= 0.6 is 0 Å². The lowest BCUT2D eigenvalue weighted by atomic mass is 10.3. The number of hydrogen-bond donors (Lipinski definition) is 1. The fourth-order valence-electron chi connectivity index (χ4n) is 1.66. The summed E-state index contributed by atoms with van der Waals surface area (Å²) in [6.07, 6.45) is 6.84. The average molecular weight is 259 g/mol. The Bertz CT molecular complexity index is 600. The molecule has 3 heterocycles. The molecule has 0 radical (unpaired) electrons. The molecule has 0 fully saturated rings. The first-order chi connectivity index (χ1) is 9.42. The molecule has 0 aliphatic carbocycles. The highest BCUT2D eigenvalue weighted by atomic mass is 16.5. The zero-order valence-corrected chi connectivity index (χ0v) is 10.2. The average Bonchev–Trinajstić information content (AvgIpc) is 3.15. The SMILES string of the molecule is c1cnn(CCNCc2nc(-c3ccoc3)no2)c1. The molecule has 7 heteroatoms. The van der Waals surface area contributed by atoms with Crippen molar-refractivity contribution < 1.29 is 8.94 Å². The van der Waals surface area contributed by atoms with Crippen molar-refractivity contribution in [1.29, 1.82) is 0 Å². The Morgan fingerprint density at radius 2 is 2.37 bits per heavy atom. The molecule has 0 aromatic carbocycles. The van der Waals surface area contributed by atoms with Gasteiger partial charge in [0, 0.05) is 18.9 Å². The van der Waals surface area contributed by atoms with Gasteiger partial charge in [0.1, 0.15) is 6.26 Å². The first kappa shape index (κ1) is 11.7. The minimum Gasteiger partial charge on any atom is -0.472 e. The Morgan fingerprint density at radius 1 is 1.37 bits per heavy atom. The van der Waals surface area contributed by atoms with Gasteiger partial charge >= 0.3 is 0 Å². The molecular formula is C12H13N5O2. The maximum Gasteiger partial charge on any atom is 0.240 e. The monoisotopic (exact) mass is 259 g/mol. The van der Waals surface area contributed by atoms with Gasteiger partial charge in [-0.1, -0.05) is 5.16 Å². The smallest absolute Gasteiger partial charge is 0.240 e. The molecule has 3 aromatic rings. The standard InChI is InChI=1S/C12H13N5O2/c1-3-14-17(5-1)6-4-13-8-11-15-12(16-19-11)10-2-7-18-9-10/h1-3,5,7,9,13H,4,6,8H2. The number of hydrogen-bond acceptors (Lipinski definition) is 6. The van der Waals surface area contributed by atoms with E-state index in [1.54, 1.807) is 24.8 Å². The largest absolute Gasteiger partial charge is 0.472 e. The van der Waals surface area contributed by atoms with Gasteiger partial charge in [0.2, 0.25) is 11.7 Å². The molecule has 98 valence electrons. The van der Waals surface area contributed by atoms with E-state index in [2.05, 4.69) is 20.6 Å². The molecule has 0 unspecified atom stereocenters. The van der Waals surface area contributed by atoms with Crippen LogP contribution in [0.2, 0.25) is 0 Å². The lowest BCUT2D eigenvalue weighted by molar-refractivity contribution is 0.365. The highest BCUT2D eigenvalue weighted by molar-refractivity contribution is 5.51. The normalized spacial score (nSPS) is 10.9. The van der Waals surface area contributed by atoms with E-state index >= 15 is 0 Å². The van der Waals surface area contributed by atoms with Gasteiger partial charge in [-0.2, -0.15) is 10.1 Å². The third kappa shape index (κ3) is 2.89. The predicted octanol–water partition coefficient (Wildman–Crippen LogP) is 1.32. The van der Waals surface area contributed by atoms with Gasteiger partial charge in [-0.05, 0) is 12.1 Å². The minimum atomic E-state index is 0.534. The Balaban J connectivity index is 1.48. The molecule has 0 aliphatic rings. The molecule has 3 aromatic heterocycles. The summed E-state index contributed by atoms with van der Waals surface area (Å²) in [5, 5.41) is 11.2. The van der Waals surface area contributed by atoms with Crippen molar-refractivity contribution in [1.82, 2.24) is 25.2 Å². The second kappa shape index (κ2) is 5.49. The van der Waals surface area contributed by atoms with Crippen LogP contribution in [0.4, 0.5) is 0 Å². The number of furan rings is 1. The van der Waals surface area contributed by atoms with E-state index in [1.165, 1.54) is 0 Å². The molecule has 3 rings (SSSR count). The summed E-state index contributed by atoms with van der Waals surface area (Å²) in [5.41, 5.74) is 0.812. The van der Waals surface area contributed by atoms with Crippen LogP contribution in [0.25, 0.3) is 11.4 Å². The van der Waals surface area contributed by atoms with Crippen LogP contribution in [-0.4, -0.2) is 26.5 Å². The van der Waals surface area contributed by atoms with Crippen LogP contribution in [0, 0.1) is 0 Å². The molecule has 7 nitrogen and oxygen atoms in total. The quantitative estimate of drug-likeness (QED) is 0.672. The molecular weight excluding hydrogens is 246 g/mol. The molecule has 0 saturated heterocycles. The maximum atomic E-state index is 5.14. The van der Waals surface area contributed by atoms with E-state index in [0.717, 1.165) is 18.7 Å². The van der Waals surface area contributed by atoms with E-state index in [9.17, 15) is 0 Å². The topological polar surface area (TPSA) is 81.9 Å². The summed E-state index contributed by atoms with van der Waals surface area (Å²) < 4.78 is 12.0. The fourth-order valence-corrected chi connectivity index (χ4v) is 1.66. The van der Waals surface area contributed by atoms with Crippen LogP contribution < -0.4 is 5.32 Å². The van der Waals surface area contributed by atoms with Crippen molar-refractivity contribution >= 4 is 0 Å². The zero-order chi connectivity index (χ0) is 12.9. The van der Waals surface area contributed by atoms with Gasteiger partial charge in [-0.3, -0.25) is 4.68 Å². The summed E-state index contributed by atoms with van der Waals surface area (Å²) in [6, 6.07) is 3.69. The minimum absolute atomic E-state index is 0.534. The number of rotatable bonds is 6. The van der Waals surface area contributed by atoms with Crippen molar-refractivity contribution in [2.45, 2.75) is 13.1 Å². The van der Waals surface area contributed by atoms with Gasteiger partial charge in [0.15, 0.2) is 0 Å². The summed E-state index contributed by atoms with van der Waals surface area (Å²) in [4.78, 5) is 4.26. The van der Waals surface area contributed by atoms with Gasteiger partial charge in [-0.25, -0.2) is 0 Å².